The van der Waals surface area contributed by atoms with E-state index in [4.69, 9.17) is 0 Å². The maximum Gasteiger partial charge on any atom is 0.352 e. The van der Waals surface area contributed by atoms with Gasteiger partial charge in [-0.05, 0) is 19.1 Å². The van der Waals surface area contributed by atoms with E-state index < -0.39 is 17.2 Å². The van der Waals surface area contributed by atoms with Gasteiger partial charge in [0, 0.05) is 16.8 Å². The molecule has 1 aliphatic heterocycles. The summed E-state index contributed by atoms with van der Waals surface area (Å²) in [6.07, 6.45) is 0. The minimum atomic E-state index is -1.56. The molecule has 0 aliphatic carbocycles. The number of aromatic nitrogens is 3. The van der Waals surface area contributed by atoms with Gasteiger partial charge in [-0.25, -0.2) is 9.48 Å². The van der Waals surface area contributed by atoms with E-state index in [0.717, 1.165) is 0 Å². The molecule has 0 fully saturated rings. The first-order valence-corrected chi connectivity index (χ1v) is 7.69. The van der Waals surface area contributed by atoms with Gasteiger partial charge >= 0.3 is 5.97 Å². The standard InChI is InChI=1S/C18H14N4O3/c1-18(17(24)25)20-13-10-6-5-9-12(13)15-19-16(23)14(21-22(15)18)11-7-3-2-4-8-11/h2-10,20H,1H3,(H,24,25)/t18-/m0/s1. The zero-order valence-electron chi connectivity index (χ0n) is 13.3. The lowest BCUT2D eigenvalue weighted by Gasteiger charge is -2.35. The van der Waals surface area contributed by atoms with Gasteiger partial charge in [-0.15, -0.1) is 0 Å². The van der Waals surface area contributed by atoms with Crippen LogP contribution in [0.1, 0.15) is 6.92 Å². The summed E-state index contributed by atoms with van der Waals surface area (Å²) in [7, 11) is 0. The molecule has 0 unspecified atom stereocenters. The van der Waals surface area contributed by atoms with Crippen LogP contribution >= 0.6 is 0 Å². The average Bonchev–Trinajstić information content (AvgIpc) is 2.62. The van der Waals surface area contributed by atoms with Crippen molar-refractivity contribution in [1.82, 2.24) is 14.8 Å². The largest absolute Gasteiger partial charge is 0.478 e. The van der Waals surface area contributed by atoms with Gasteiger partial charge in [-0.2, -0.15) is 10.1 Å². The van der Waals surface area contributed by atoms with E-state index in [1.807, 2.05) is 6.07 Å². The number of benzene rings is 2. The molecule has 7 heteroatoms. The second kappa shape index (κ2) is 5.27. The van der Waals surface area contributed by atoms with Crippen LogP contribution in [0, 0.1) is 0 Å². The summed E-state index contributed by atoms with van der Waals surface area (Å²) in [6.45, 7) is 1.49. The highest BCUT2D eigenvalue weighted by atomic mass is 16.4. The summed E-state index contributed by atoms with van der Waals surface area (Å²) in [4.78, 5) is 28.6. The van der Waals surface area contributed by atoms with Crippen molar-refractivity contribution in [2.45, 2.75) is 12.6 Å². The molecule has 4 rings (SSSR count). The smallest absolute Gasteiger partial charge is 0.352 e. The molecule has 0 amide bonds. The normalized spacial score (nSPS) is 18.0. The number of para-hydroxylation sites is 1. The number of aliphatic carboxylic acids is 1. The van der Waals surface area contributed by atoms with E-state index in [-0.39, 0.29) is 11.5 Å². The van der Waals surface area contributed by atoms with Crippen molar-refractivity contribution >= 4 is 11.7 Å². The Morgan fingerprint density at radius 3 is 2.52 bits per heavy atom. The van der Waals surface area contributed by atoms with Crippen molar-refractivity contribution in [3.05, 3.63) is 65.0 Å². The Morgan fingerprint density at radius 1 is 1.12 bits per heavy atom. The number of carboxylic acids is 1. The first kappa shape index (κ1) is 15.1. The van der Waals surface area contributed by atoms with Crippen LogP contribution in [0.4, 0.5) is 5.69 Å². The Hall–Kier alpha value is -3.48. The van der Waals surface area contributed by atoms with Gasteiger partial charge in [0.25, 0.3) is 5.56 Å². The van der Waals surface area contributed by atoms with Crippen LogP contribution in [0.5, 0.6) is 0 Å². The van der Waals surface area contributed by atoms with Crippen molar-refractivity contribution in [2.75, 3.05) is 5.32 Å². The Bertz CT molecular complexity index is 1050. The molecular formula is C18H14N4O3. The summed E-state index contributed by atoms with van der Waals surface area (Å²) < 4.78 is 1.27. The minimum Gasteiger partial charge on any atom is -0.478 e. The fourth-order valence-electron chi connectivity index (χ4n) is 2.90. The van der Waals surface area contributed by atoms with Crippen molar-refractivity contribution in [3.63, 3.8) is 0 Å². The zero-order chi connectivity index (χ0) is 17.6. The van der Waals surface area contributed by atoms with E-state index in [9.17, 15) is 14.7 Å². The predicted molar refractivity (Wildman–Crippen MR) is 92.1 cm³/mol. The molecule has 124 valence electrons. The van der Waals surface area contributed by atoms with E-state index in [1.165, 1.54) is 11.6 Å². The van der Waals surface area contributed by atoms with Gasteiger partial charge in [0.15, 0.2) is 11.5 Å². The van der Waals surface area contributed by atoms with E-state index in [2.05, 4.69) is 15.4 Å². The van der Waals surface area contributed by atoms with Gasteiger partial charge in [0.05, 0.1) is 0 Å². The number of carbonyl (C=O) groups is 1. The lowest BCUT2D eigenvalue weighted by molar-refractivity contribution is -0.145. The SMILES string of the molecule is C[C@]1(C(=O)O)Nc2ccccc2-c2nc(=O)c(-c3ccccc3)nn21. The van der Waals surface area contributed by atoms with Crippen molar-refractivity contribution < 1.29 is 9.90 Å². The monoisotopic (exact) mass is 334 g/mol. The molecule has 2 aromatic carbocycles. The topological polar surface area (TPSA) is 97.1 Å². The van der Waals surface area contributed by atoms with Crippen LogP contribution in [0.15, 0.2) is 59.4 Å². The third-order valence-corrected chi connectivity index (χ3v) is 4.24. The fourth-order valence-corrected chi connectivity index (χ4v) is 2.90. The Balaban J connectivity index is 2.05. The zero-order valence-corrected chi connectivity index (χ0v) is 13.3. The molecule has 0 bridgehead atoms. The summed E-state index contributed by atoms with van der Waals surface area (Å²) in [5, 5.41) is 17.1. The van der Waals surface area contributed by atoms with Gasteiger partial charge in [-0.1, -0.05) is 42.5 Å². The Labute approximate surface area is 142 Å². The van der Waals surface area contributed by atoms with Crippen LogP contribution in [0.2, 0.25) is 0 Å². The maximum atomic E-state index is 12.5. The van der Waals surface area contributed by atoms with Crippen LogP contribution < -0.4 is 10.9 Å². The number of hydrogen-bond donors (Lipinski definition) is 2. The summed E-state index contributed by atoms with van der Waals surface area (Å²) >= 11 is 0. The number of nitrogens with zero attached hydrogens (tertiary/aromatic N) is 3. The van der Waals surface area contributed by atoms with E-state index in [0.29, 0.717) is 16.8 Å². The van der Waals surface area contributed by atoms with Gasteiger partial charge in [0.1, 0.15) is 0 Å². The Morgan fingerprint density at radius 2 is 1.80 bits per heavy atom. The van der Waals surface area contributed by atoms with Gasteiger partial charge < -0.3 is 10.4 Å². The molecule has 1 aliphatic rings. The fraction of sp³-hybridized carbons (Fsp3) is 0.111. The summed E-state index contributed by atoms with van der Waals surface area (Å²) in [5.41, 5.74) is -0.144. The molecule has 0 spiro atoms. The second-order valence-electron chi connectivity index (χ2n) is 5.91. The third kappa shape index (κ3) is 2.20. The molecule has 0 saturated carbocycles. The predicted octanol–water partition coefficient (Wildman–Crippen LogP) is 2.16. The average molecular weight is 334 g/mol. The molecule has 2 heterocycles. The molecule has 1 atom stereocenters. The summed E-state index contributed by atoms with van der Waals surface area (Å²) in [5.74, 6) is -0.899. The highest BCUT2D eigenvalue weighted by Crippen LogP contribution is 2.36. The van der Waals surface area contributed by atoms with Crippen molar-refractivity contribution in [3.8, 4) is 22.6 Å². The molecule has 2 N–H and O–H groups in total. The number of carboxylic acid groups (broad SMARTS) is 1. The van der Waals surface area contributed by atoms with Gasteiger partial charge in [0.2, 0.25) is 5.66 Å². The number of anilines is 1. The third-order valence-electron chi connectivity index (χ3n) is 4.24. The number of nitrogens with one attached hydrogen (secondary N) is 1. The lowest BCUT2D eigenvalue weighted by Crippen LogP contribution is -2.51. The second-order valence-corrected chi connectivity index (χ2v) is 5.91. The van der Waals surface area contributed by atoms with E-state index >= 15 is 0 Å². The van der Waals surface area contributed by atoms with E-state index in [1.54, 1.807) is 48.5 Å². The van der Waals surface area contributed by atoms with Gasteiger partial charge in [-0.3, -0.25) is 4.79 Å². The molecule has 7 nitrogen and oxygen atoms in total. The number of rotatable bonds is 2. The number of hydrogen-bond acceptors (Lipinski definition) is 5. The lowest BCUT2D eigenvalue weighted by atomic mass is 10.0. The first-order valence-electron chi connectivity index (χ1n) is 7.69. The van der Waals surface area contributed by atoms with Crippen molar-refractivity contribution in [2.24, 2.45) is 0 Å². The first-order chi connectivity index (χ1) is 12.0. The quantitative estimate of drug-likeness (QED) is 0.745. The molecule has 0 saturated heterocycles. The van der Waals surface area contributed by atoms with Crippen molar-refractivity contribution in [1.29, 1.82) is 0 Å². The highest BCUT2D eigenvalue weighted by molar-refractivity contribution is 5.87. The molecular weight excluding hydrogens is 320 g/mol. The van der Waals surface area contributed by atoms with Crippen LogP contribution in [-0.4, -0.2) is 25.8 Å². The van der Waals surface area contributed by atoms with Crippen LogP contribution in [0.3, 0.4) is 0 Å². The maximum absolute atomic E-state index is 12.5. The summed E-state index contributed by atoms with van der Waals surface area (Å²) in [6, 6.07) is 16.0. The van der Waals surface area contributed by atoms with Crippen LogP contribution in [0.25, 0.3) is 22.6 Å². The molecule has 3 aromatic rings. The highest BCUT2D eigenvalue weighted by Gasteiger charge is 2.42. The van der Waals surface area contributed by atoms with Crippen LogP contribution in [-0.2, 0) is 10.5 Å². The Kier molecular flexibility index (Phi) is 3.18. The number of fused-ring (bicyclic) bond motifs is 3. The molecule has 25 heavy (non-hydrogen) atoms. The molecule has 1 aromatic heterocycles. The molecule has 0 radical (unpaired) electrons. The minimum absolute atomic E-state index is 0.109.